The lowest BCUT2D eigenvalue weighted by Crippen LogP contribution is -2.36. The molecule has 18 heavy (non-hydrogen) atoms. The highest BCUT2D eigenvalue weighted by Crippen LogP contribution is 2.20. The highest BCUT2D eigenvalue weighted by atomic mass is 19.1. The van der Waals surface area contributed by atoms with Gasteiger partial charge in [-0.15, -0.1) is 0 Å². The van der Waals surface area contributed by atoms with Crippen LogP contribution in [0.15, 0.2) is 18.2 Å². The van der Waals surface area contributed by atoms with Crippen LogP contribution >= 0.6 is 0 Å². The lowest BCUT2D eigenvalue weighted by Gasteiger charge is -2.14. The van der Waals surface area contributed by atoms with E-state index in [4.69, 9.17) is 10.5 Å². The summed E-state index contributed by atoms with van der Waals surface area (Å²) in [6.45, 7) is 3.97. The van der Waals surface area contributed by atoms with Gasteiger partial charge < -0.3 is 15.8 Å². The number of rotatable bonds is 5. The summed E-state index contributed by atoms with van der Waals surface area (Å²) < 4.78 is 18.2. The molecule has 0 unspecified atom stereocenters. The van der Waals surface area contributed by atoms with Gasteiger partial charge in [-0.2, -0.15) is 0 Å². The van der Waals surface area contributed by atoms with Gasteiger partial charge in [-0.3, -0.25) is 4.79 Å². The lowest BCUT2D eigenvalue weighted by molar-refractivity contribution is -0.117. The molecular formula is C13H19FN2O2. The molecule has 0 aromatic heterocycles. The Morgan fingerprint density at radius 2 is 2.17 bits per heavy atom. The largest absolute Gasteiger partial charge is 0.494 e. The number of amides is 1. The fourth-order valence-corrected chi connectivity index (χ4v) is 1.59. The molecule has 0 saturated carbocycles. The number of anilines is 1. The first-order valence-corrected chi connectivity index (χ1v) is 5.84. The van der Waals surface area contributed by atoms with E-state index in [2.05, 4.69) is 5.32 Å². The SMILES string of the molecule is COc1ccc(NC(=O)[C@H](N)CC(C)C)cc1F. The molecule has 100 valence electrons. The molecule has 0 spiro atoms. The van der Waals surface area contributed by atoms with E-state index >= 15 is 0 Å². The van der Waals surface area contributed by atoms with Crippen LogP contribution in [0.1, 0.15) is 20.3 Å². The Labute approximate surface area is 106 Å². The van der Waals surface area contributed by atoms with Crippen LogP contribution in [0.2, 0.25) is 0 Å². The molecule has 1 atom stereocenters. The summed E-state index contributed by atoms with van der Waals surface area (Å²) in [6.07, 6.45) is 0.588. The third kappa shape index (κ3) is 4.00. The fourth-order valence-electron chi connectivity index (χ4n) is 1.59. The molecule has 1 amide bonds. The van der Waals surface area contributed by atoms with Crippen LogP contribution in [0.25, 0.3) is 0 Å². The van der Waals surface area contributed by atoms with Crippen LogP contribution in [-0.2, 0) is 4.79 Å². The van der Waals surface area contributed by atoms with Crippen molar-refractivity contribution in [3.8, 4) is 5.75 Å². The number of nitrogens with two attached hydrogens (primary N) is 1. The molecule has 0 aliphatic heterocycles. The van der Waals surface area contributed by atoms with Gasteiger partial charge in [-0.1, -0.05) is 13.8 Å². The molecule has 5 heteroatoms. The van der Waals surface area contributed by atoms with Gasteiger partial charge in [0, 0.05) is 11.8 Å². The van der Waals surface area contributed by atoms with E-state index in [1.54, 1.807) is 6.07 Å². The van der Waals surface area contributed by atoms with Crippen molar-refractivity contribution in [2.45, 2.75) is 26.3 Å². The molecule has 3 N–H and O–H groups in total. The molecule has 0 heterocycles. The Bertz CT molecular complexity index is 421. The van der Waals surface area contributed by atoms with E-state index < -0.39 is 11.9 Å². The topological polar surface area (TPSA) is 64.3 Å². The summed E-state index contributed by atoms with van der Waals surface area (Å²) in [5.74, 6) is -0.362. The van der Waals surface area contributed by atoms with E-state index in [-0.39, 0.29) is 11.7 Å². The van der Waals surface area contributed by atoms with Crippen LogP contribution in [-0.4, -0.2) is 19.1 Å². The van der Waals surface area contributed by atoms with Gasteiger partial charge in [0.2, 0.25) is 5.91 Å². The van der Waals surface area contributed by atoms with Crippen LogP contribution < -0.4 is 15.8 Å². The van der Waals surface area contributed by atoms with Gasteiger partial charge in [0.1, 0.15) is 0 Å². The van der Waals surface area contributed by atoms with Crippen molar-refractivity contribution in [3.63, 3.8) is 0 Å². The number of ether oxygens (including phenoxy) is 1. The molecule has 0 aliphatic carbocycles. The fraction of sp³-hybridized carbons (Fsp3) is 0.462. The summed E-state index contributed by atoms with van der Waals surface area (Å²) in [4.78, 5) is 11.7. The number of carbonyl (C=O) groups is 1. The van der Waals surface area contributed by atoms with E-state index in [0.29, 0.717) is 18.0 Å². The van der Waals surface area contributed by atoms with Gasteiger partial charge in [0.15, 0.2) is 11.6 Å². The van der Waals surface area contributed by atoms with Crippen molar-refractivity contribution >= 4 is 11.6 Å². The van der Waals surface area contributed by atoms with E-state index in [1.165, 1.54) is 19.2 Å². The summed E-state index contributed by atoms with van der Waals surface area (Å²) in [5.41, 5.74) is 6.10. The Hall–Kier alpha value is -1.62. The molecule has 1 rings (SSSR count). The molecule has 1 aromatic carbocycles. The molecule has 0 radical (unpaired) electrons. The van der Waals surface area contributed by atoms with Crippen molar-refractivity contribution in [1.29, 1.82) is 0 Å². The molecule has 0 fully saturated rings. The number of methoxy groups -OCH3 is 1. The van der Waals surface area contributed by atoms with Crippen molar-refractivity contribution in [3.05, 3.63) is 24.0 Å². The number of halogens is 1. The molecular weight excluding hydrogens is 235 g/mol. The third-order valence-corrected chi connectivity index (χ3v) is 2.48. The Morgan fingerprint density at radius 3 is 2.67 bits per heavy atom. The zero-order valence-electron chi connectivity index (χ0n) is 10.9. The first-order chi connectivity index (χ1) is 8.43. The standard InChI is InChI=1S/C13H19FN2O2/c1-8(2)6-11(15)13(17)16-9-4-5-12(18-3)10(14)7-9/h4-5,7-8,11H,6,15H2,1-3H3,(H,16,17)/t11-/m1/s1. The highest BCUT2D eigenvalue weighted by molar-refractivity contribution is 5.94. The molecule has 0 bridgehead atoms. The number of carbonyl (C=O) groups excluding carboxylic acids is 1. The maximum absolute atomic E-state index is 13.4. The van der Waals surface area contributed by atoms with Crippen molar-refractivity contribution in [2.75, 3.05) is 12.4 Å². The predicted molar refractivity (Wildman–Crippen MR) is 69.0 cm³/mol. The molecule has 1 aromatic rings. The average Bonchev–Trinajstić information content (AvgIpc) is 2.28. The summed E-state index contributed by atoms with van der Waals surface area (Å²) in [7, 11) is 1.38. The first-order valence-electron chi connectivity index (χ1n) is 5.84. The minimum absolute atomic E-state index is 0.138. The van der Waals surface area contributed by atoms with Gasteiger partial charge in [0.25, 0.3) is 0 Å². The van der Waals surface area contributed by atoms with Crippen LogP contribution in [0.3, 0.4) is 0 Å². The van der Waals surface area contributed by atoms with Gasteiger partial charge in [-0.25, -0.2) is 4.39 Å². The minimum atomic E-state index is -0.588. The normalized spacial score (nSPS) is 12.3. The van der Waals surface area contributed by atoms with Crippen molar-refractivity contribution in [2.24, 2.45) is 11.7 Å². The minimum Gasteiger partial charge on any atom is -0.494 e. The highest BCUT2D eigenvalue weighted by Gasteiger charge is 2.15. The predicted octanol–water partition coefficient (Wildman–Crippen LogP) is 2.15. The quantitative estimate of drug-likeness (QED) is 0.846. The lowest BCUT2D eigenvalue weighted by atomic mass is 10.0. The Kier molecular flexibility index (Phi) is 5.09. The zero-order chi connectivity index (χ0) is 13.7. The number of hydrogen-bond acceptors (Lipinski definition) is 3. The second-order valence-electron chi connectivity index (χ2n) is 4.57. The second kappa shape index (κ2) is 6.35. The number of nitrogens with one attached hydrogen (secondary N) is 1. The van der Waals surface area contributed by atoms with Gasteiger partial charge in [-0.05, 0) is 24.5 Å². The smallest absolute Gasteiger partial charge is 0.241 e. The van der Waals surface area contributed by atoms with E-state index in [9.17, 15) is 9.18 Å². The van der Waals surface area contributed by atoms with Crippen molar-refractivity contribution < 1.29 is 13.9 Å². The maximum atomic E-state index is 13.4. The summed E-state index contributed by atoms with van der Waals surface area (Å²) >= 11 is 0. The Morgan fingerprint density at radius 1 is 1.50 bits per heavy atom. The Balaban J connectivity index is 2.67. The molecule has 0 saturated heterocycles. The first kappa shape index (κ1) is 14.4. The van der Waals surface area contributed by atoms with Crippen molar-refractivity contribution in [1.82, 2.24) is 0 Å². The molecule has 0 aliphatic rings. The second-order valence-corrected chi connectivity index (χ2v) is 4.57. The van der Waals surface area contributed by atoms with Crippen LogP contribution in [0.5, 0.6) is 5.75 Å². The van der Waals surface area contributed by atoms with Crippen LogP contribution in [0.4, 0.5) is 10.1 Å². The zero-order valence-corrected chi connectivity index (χ0v) is 10.9. The van der Waals surface area contributed by atoms with Gasteiger partial charge in [0.05, 0.1) is 13.2 Å². The number of hydrogen-bond donors (Lipinski definition) is 2. The third-order valence-electron chi connectivity index (χ3n) is 2.48. The molecule has 4 nitrogen and oxygen atoms in total. The average molecular weight is 254 g/mol. The monoisotopic (exact) mass is 254 g/mol. The maximum Gasteiger partial charge on any atom is 0.241 e. The summed E-state index contributed by atoms with van der Waals surface area (Å²) in [6, 6.07) is 3.65. The van der Waals surface area contributed by atoms with Crippen LogP contribution in [0, 0.1) is 11.7 Å². The van der Waals surface area contributed by atoms with E-state index in [1.807, 2.05) is 13.8 Å². The van der Waals surface area contributed by atoms with Gasteiger partial charge >= 0.3 is 0 Å². The summed E-state index contributed by atoms with van der Waals surface area (Å²) in [5, 5.41) is 2.58. The van der Waals surface area contributed by atoms with E-state index in [0.717, 1.165) is 0 Å². The number of benzene rings is 1.